The molecule has 0 radical (unpaired) electrons. The maximum absolute atomic E-state index is 10.6. The molecule has 110 valence electrons. The lowest BCUT2D eigenvalue weighted by Gasteiger charge is -2.35. The smallest absolute Gasteiger partial charge is 0.0817 e. The van der Waals surface area contributed by atoms with Gasteiger partial charge in [0.15, 0.2) is 0 Å². The molecule has 0 unspecified atom stereocenters. The standard InChI is InChI=1S/C16H24N2O2/c1-18(12-16(19)6-9-20-10-7-16)11-14-4-2-3-13-5-8-17-15(13)14/h2-4,17,19H,5-12H2,1H3. The summed E-state index contributed by atoms with van der Waals surface area (Å²) in [6.07, 6.45) is 2.60. The molecule has 0 bridgehead atoms. The van der Waals surface area contributed by atoms with Crippen molar-refractivity contribution >= 4 is 5.69 Å². The molecular weight excluding hydrogens is 252 g/mol. The molecule has 1 aromatic carbocycles. The van der Waals surface area contributed by atoms with Gasteiger partial charge in [-0.15, -0.1) is 0 Å². The van der Waals surface area contributed by atoms with Crippen molar-refractivity contribution < 1.29 is 9.84 Å². The molecule has 2 N–H and O–H groups in total. The van der Waals surface area contributed by atoms with Crippen molar-refractivity contribution in [1.82, 2.24) is 4.90 Å². The van der Waals surface area contributed by atoms with Crippen molar-refractivity contribution in [3.05, 3.63) is 29.3 Å². The van der Waals surface area contributed by atoms with Gasteiger partial charge in [-0.3, -0.25) is 4.90 Å². The Balaban J connectivity index is 1.64. The van der Waals surface area contributed by atoms with E-state index in [1.54, 1.807) is 0 Å². The van der Waals surface area contributed by atoms with Gasteiger partial charge in [-0.25, -0.2) is 0 Å². The molecule has 2 aliphatic heterocycles. The molecule has 20 heavy (non-hydrogen) atoms. The monoisotopic (exact) mass is 276 g/mol. The largest absolute Gasteiger partial charge is 0.388 e. The molecule has 2 heterocycles. The fraction of sp³-hybridized carbons (Fsp3) is 0.625. The topological polar surface area (TPSA) is 44.7 Å². The number of nitrogens with one attached hydrogen (secondary N) is 1. The number of anilines is 1. The van der Waals surface area contributed by atoms with Gasteiger partial charge in [0.1, 0.15) is 0 Å². The summed E-state index contributed by atoms with van der Waals surface area (Å²) in [6.45, 7) is 3.97. The van der Waals surface area contributed by atoms with Gasteiger partial charge in [0.05, 0.1) is 5.60 Å². The van der Waals surface area contributed by atoms with Crippen LogP contribution >= 0.6 is 0 Å². The van der Waals surface area contributed by atoms with Crippen molar-refractivity contribution in [3.8, 4) is 0 Å². The number of aliphatic hydroxyl groups is 1. The third kappa shape index (κ3) is 2.97. The highest BCUT2D eigenvalue weighted by Crippen LogP contribution is 2.28. The molecule has 0 spiro atoms. The van der Waals surface area contributed by atoms with E-state index in [1.807, 2.05) is 0 Å². The van der Waals surface area contributed by atoms with E-state index in [9.17, 15) is 5.11 Å². The van der Waals surface area contributed by atoms with E-state index in [0.29, 0.717) is 19.8 Å². The third-order valence-corrected chi connectivity index (χ3v) is 4.36. The summed E-state index contributed by atoms with van der Waals surface area (Å²) < 4.78 is 5.34. The van der Waals surface area contributed by atoms with Crippen molar-refractivity contribution in [1.29, 1.82) is 0 Å². The second-order valence-corrected chi connectivity index (χ2v) is 6.14. The van der Waals surface area contributed by atoms with Crippen LogP contribution in [-0.2, 0) is 17.7 Å². The highest BCUT2D eigenvalue weighted by molar-refractivity contribution is 5.61. The van der Waals surface area contributed by atoms with Crippen LogP contribution < -0.4 is 5.32 Å². The van der Waals surface area contributed by atoms with Gasteiger partial charge in [-0.05, 0) is 24.6 Å². The van der Waals surface area contributed by atoms with Gasteiger partial charge in [0.25, 0.3) is 0 Å². The average Bonchev–Trinajstić information content (AvgIpc) is 2.88. The molecule has 3 rings (SSSR count). The van der Waals surface area contributed by atoms with E-state index >= 15 is 0 Å². The van der Waals surface area contributed by atoms with Gasteiger partial charge in [-0.1, -0.05) is 18.2 Å². The summed E-state index contributed by atoms with van der Waals surface area (Å²) in [7, 11) is 2.09. The number of benzene rings is 1. The number of likely N-dealkylation sites (N-methyl/N-ethyl adjacent to an activating group) is 1. The minimum Gasteiger partial charge on any atom is -0.388 e. The molecular formula is C16H24N2O2. The highest BCUT2D eigenvalue weighted by Gasteiger charge is 2.31. The van der Waals surface area contributed by atoms with Crippen LogP contribution in [0.1, 0.15) is 24.0 Å². The number of nitrogens with zero attached hydrogens (tertiary/aromatic N) is 1. The Morgan fingerprint density at radius 3 is 2.95 bits per heavy atom. The third-order valence-electron chi connectivity index (χ3n) is 4.36. The summed E-state index contributed by atoms with van der Waals surface area (Å²) in [5, 5.41) is 14.1. The number of ether oxygens (including phenoxy) is 1. The van der Waals surface area contributed by atoms with Gasteiger partial charge in [0, 0.05) is 51.4 Å². The molecule has 0 atom stereocenters. The van der Waals surface area contributed by atoms with Crippen molar-refractivity contribution in [2.75, 3.05) is 38.7 Å². The molecule has 1 saturated heterocycles. The fourth-order valence-corrected chi connectivity index (χ4v) is 3.30. The Kier molecular flexibility index (Phi) is 3.96. The maximum atomic E-state index is 10.6. The lowest BCUT2D eigenvalue weighted by molar-refractivity contribution is -0.0777. The van der Waals surface area contributed by atoms with Crippen LogP contribution in [0.4, 0.5) is 5.69 Å². The van der Waals surface area contributed by atoms with Crippen LogP contribution in [0, 0.1) is 0 Å². The molecule has 4 nitrogen and oxygen atoms in total. The Labute approximate surface area is 120 Å². The number of fused-ring (bicyclic) bond motifs is 1. The molecule has 4 heteroatoms. The minimum atomic E-state index is -0.585. The second-order valence-electron chi connectivity index (χ2n) is 6.14. The summed E-state index contributed by atoms with van der Waals surface area (Å²) >= 11 is 0. The Bertz CT molecular complexity index is 470. The lowest BCUT2D eigenvalue weighted by Crippen LogP contribution is -2.45. The number of rotatable bonds is 4. The molecule has 0 amide bonds. The molecule has 2 aliphatic rings. The van der Waals surface area contributed by atoms with E-state index in [0.717, 1.165) is 32.4 Å². The second kappa shape index (κ2) is 5.72. The fourth-order valence-electron chi connectivity index (χ4n) is 3.30. The van der Waals surface area contributed by atoms with Gasteiger partial charge >= 0.3 is 0 Å². The quantitative estimate of drug-likeness (QED) is 0.877. The van der Waals surface area contributed by atoms with Crippen LogP contribution in [0.15, 0.2) is 18.2 Å². The Morgan fingerprint density at radius 2 is 2.15 bits per heavy atom. The van der Waals surface area contributed by atoms with Gasteiger partial charge in [-0.2, -0.15) is 0 Å². The summed E-state index contributed by atoms with van der Waals surface area (Å²) in [5.41, 5.74) is 3.47. The molecule has 0 aromatic heterocycles. The minimum absolute atomic E-state index is 0.585. The Morgan fingerprint density at radius 1 is 1.35 bits per heavy atom. The number of hydrogen-bond acceptors (Lipinski definition) is 4. The number of para-hydroxylation sites is 1. The van der Waals surface area contributed by atoms with E-state index in [1.165, 1.54) is 16.8 Å². The van der Waals surface area contributed by atoms with Crippen LogP contribution in [-0.4, -0.2) is 49.0 Å². The highest BCUT2D eigenvalue weighted by atomic mass is 16.5. The average molecular weight is 276 g/mol. The SMILES string of the molecule is CN(Cc1cccc2c1NCC2)CC1(O)CCOCC1. The summed E-state index contributed by atoms with van der Waals surface area (Å²) in [5.74, 6) is 0. The van der Waals surface area contributed by atoms with E-state index in [-0.39, 0.29) is 0 Å². The first-order chi connectivity index (χ1) is 9.66. The lowest BCUT2D eigenvalue weighted by atomic mass is 9.93. The van der Waals surface area contributed by atoms with E-state index in [2.05, 4.69) is 35.5 Å². The predicted molar refractivity (Wildman–Crippen MR) is 80.0 cm³/mol. The van der Waals surface area contributed by atoms with Gasteiger partial charge < -0.3 is 15.2 Å². The normalized spacial score (nSPS) is 20.8. The van der Waals surface area contributed by atoms with Crippen LogP contribution in [0.3, 0.4) is 0 Å². The zero-order valence-corrected chi connectivity index (χ0v) is 12.2. The zero-order chi connectivity index (χ0) is 14.0. The van der Waals surface area contributed by atoms with Crippen molar-refractivity contribution in [3.63, 3.8) is 0 Å². The van der Waals surface area contributed by atoms with Crippen LogP contribution in [0.5, 0.6) is 0 Å². The van der Waals surface area contributed by atoms with E-state index < -0.39 is 5.60 Å². The summed E-state index contributed by atoms with van der Waals surface area (Å²) in [6, 6.07) is 6.52. The maximum Gasteiger partial charge on any atom is 0.0817 e. The van der Waals surface area contributed by atoms with Crippen LogP contribution in [0.25, 0.3) is 0 Å². The number of hydrogen-bond donors (Lipinski definition) is 2. The van der Waals surface area contributed by atoms with Crippen molar-refractivity contribution in [2.45, 2.75) is 31.4 Å². The van der Waals surface area contributed by atoms with Gasteiger partial charge in [0.2, 0.25) is 0 Å². The zero-order valence-electron chi connectivity index (χ0n) is 12.2. The molecule has 1 fully saturated rings. The molecule has 0 saturated carbocycles. The first-order valence-corrected chi connectivity index (χ1v) is 7.50. The Hall–Kier alpha value is -1.10. The molecule has 1 aromatic rings. The predicted octanol–water partition coefficient (Wildman–Crippen LogP) is 1.63. The van der Waals surface area contributed by atoms with Crippen LogP contribution in [0.2, 0.25) is 0 Å². The molecule has 0 aliphatic carbocycles. The van der Waals surface area contributed by atoms with E-state index in [4.69, 9.17) is 4.74 Å². The first kappa shape index (κ1) is 13.9. The first-order valence-electron chi connectivity index (χ1n) is 7.50. The van der Waals surface area contributed by atoms with Crippen molar-refractivity contribution in [2.24, 2.45) is 0 Å². The summed E-state index contributed by atoms with van der Waals surface area (Å²) in [4.78, 5) is 2.22.